The third-order valence-electron chi connectivity index (χ3n) is 7.95. The van der Waals surface area contributed by atoms with Crippen molar-refractivity contribution in [2.45, 2.75) is 50.3 Å². The zero-order valence-corrected chi connectivity index (χ0v) is 20.7. The lowest BCUT2D eigenvalue weighted by atomic mass is 9.59. The number of benzene rings is 1. The van der Waals surface area contributed by atoms with Gasteiger partial charge in [-0.05, 0) is 44.4 Å². The van der Waals surface area contributed by atoms with Crippen molar-refractivity contribution >= 4 is 11.6 Å². The van der Waals surface area contributed by atoms with Crippen molar-refractivity contribution in [3.63, 3.8) is 0 Å². The maximum absolute atomic E-state index is 13.3. The Morgan fingerprint density at radius 1 is 1.23 bits per heavy atom. The monoisotopic (exact) mass is 528 g/mol. The van der Waals surface area contributed by atoms with Gasteiger partial charge in [0, 0.05) is 46.8 Å². The van der Waals surface area contributed by atoms with Gasteiger partial charge in [0.2, 0.25) is 0 Å². The molecule has 4 aromatic rings. The van der Waals surface area contributed by atoms with E-state index in [0.717, 1.165) is 5.56 Å². The highest BCUT2D eigenvalue weighted by atomic mass is 19.3. The minimum absolute atomic E-state index is 0.0325. The Bertz CT molecular complexity index is 1710. The second-order valence-electron chi connectivity index (χ2n) is 10.8. The van der Waals surface area contributed by atoms with Crippen LogP contribution in [0.15, 0.2) is 42.9 Å². The van der Waals surface area contributed by atoms with Crippen LogP contribution in [0.5, 0.6) is 5.75 Å². The molecule has 3 aliphatic rings. The van der Waals surface area contributed by atoms with Gasteiger partial charge < -0.3 is 15.8 Å². The van der Waals surface area contributed by atoms with Crippen molar-refractivity contribution < 1.29 is 18.3 Å². The van der Waals surface area contributed by atoms with Crippen LogP contribution in [0, 0.1) is 16.7 Å². The summed E-state index contributed by atoms with van der Waals surface area (Å²) in [6, 6.07) is 8.27. The van der Waals surface area contributed by atoms with E-state index in [0.29, 0.717) is 58.8 Å². The molecule has 2 bridgehead atoms. The molecular weight excluding hydrogens is 506 g/mol. The van der Waals surface area contributed by atoms with Gasteiger partial charge in [-0.3, -0.25) is 4.79 Å². The molecule has 0 radical (unpaired) electrons. The summed E-state index contributed by atoms with van der Waals surface area (Å²) in [5.41, 5.74) is 9.16. The summed E-state index contributed by atoms with van der Waals surface area (Å²) in [6.45, 7) is -1.16. The molecule has 7 rings (SSSR count). The molecule has 2 aliphatic carbocycles. The van der Waals surface area contributed by atoms with Gasteiger partial charge in [-0.15, -0.1) is 0 Å². The number of alkyl halides is 2. The number of nitrogens with two attached hydrogens (primary N) is 1. The van der Waals surface area contributed by atoms with Gasteiger partial charge in [-0.25, -0.2) is 19.5 Å². The second kappa shape index (κ2) is 8.00. The molecule has 3 aromatic heterocycles. The Kier molecular flexibility index (Phi) is 4.84. The van der Waals surface area contributed by atoms with E-state index in [-0.39, 0.29) is 17.7 Å². The lowest BCUT2D eigenvalue weighted by Gasteiger charge is -2.47. The molecule has 1 aromatic carbocycles. The van der Waals surface area contributed by atoms with Gasteiger partial charge in [0.05, 0.1) is 34.5 Å². The average molecular weight is 529 g/mol. The Labute approximate surface area is 220 Å². The van der Waals surface area contributed by atoms with E-state index in [1.54, 1.807) is 35.2 Å². The molecule has 2 atom stereocenters. The number of ether oxygens (including phenoxy) is 1. The molecule has 1 saturated carbocycles. The van der Waals surface area contributed by atoms with E-state index in [2.05, 4.69) is 26.5 Å². The molecule has 196 valence electrons. The number of carbonyl (C=O) groups is 1. The van der Waals surface area contributed by atoms with Crippen LogP contribution < -0.4 is 15.8 Å². The van der Waals surface area contributed by atoms with E-state index in [1.807, 2.05) is 6.92 Å². The van der Waals surface area contributed by atoms with Crippen molar-refractivity contribution in [1.29, 1.82) is 5.26 Å². The van der Waals surface area contributed by atoms with Gasteiger partial charge in [-0.1, -0.05) is 6.07 Å². The Morgan fingerprint density at radius 2 is 2.00 bits per heavy atom. The van der Waals surface area contributed by atoms with E-state index < -0.39 is 23.5 Å². The van der Waals surface area contributed by atoms with E-state index in [4.69, 9.17) is 15.5 Å². The Hall–Kier alpha value is -4.50. The quantitative estimate of drug-likeness (QED) is 0.409. The number of hydrogen-bond donors (Lipinski definition) is 2. The van der Waals surface area contributed by atoms with Crippen LogP contribution in [0.2, 0.25) is 0 Å². The molecule has 10 nitrogen and oxygen atoms in total. The molecule has 0 saturated heterocycles. The lowest BCUT2D eigenvalue weighted by Crippen LogP contribution is -2.54. The highest BCUT2D eigenvalue weighted by Gasteiger charge is 2.52. The van der Waals surface area contributed by atoms with Crippen molar-refractivity contribution in [1.82, 2.24) is 29.9 Å². The number of aromatic nitrogens is 5. The number of nitriles is 1. The maximum Gasteiger partial charge on any atom is 0.387 e. The van der Waals surface area contributed by atoms with Crippen LogP contribution in [0.1, 0.15) is 71.1 Å². The average Bonchev–Trinajstić information content (AvgIpc) is 3.39. The summed E-state index contributed by atoms with van der Waals surface area (Å²) in [7, 11) is 0. The minimum Gasteiger partial charge on any atom is -0.434 e. The van der Waals surface area contributed by atoms with Crippen LogP contribution in [0.3, 0.4) is 0 Å². The van der Waals surface area contributed by atoms with Crippen LogP contribution >= 0.6 is 0 Å². The topological polar surface area (TPSA) is 144 Å². The summed E-state index contributed by atoms with van der Waals surface area (Å²) in [6.07, 6.45) is 6.50. The Morgan fingerprint density at radius 3 is 2.72 bits per heavy atom. The standard InChI is InChI=1S/C27H22F2N8O2/c1-26(12-30)10-27(31,11-26)24-32-8-13(9-33-24)16-5-6-37-22(34-16)20-15-7-17(21(20)36-37)35-23(38)14-3-2-4-18(19(14)15)39-25(28)29/h2-6,8-9,15,17,25H,7,10-11,31H2,1H3,(H,35,38)/t15-,17-,26?,27?/m1/s1. The van der Waals surface area contributed by atoms with Crippen molar-refractivity contribution in [2.24, 2.45) is 11.1 Å². The summed E-state index contributed by atoms with van der Waals surface area (Å²) in [4.78, 5) is 26.8. The summed E-state index contributed by atoms with van der Waals surface area (Å²) in [5, 5.41) is 17.0. The Balaban J connectivity index is 1.29. The number of rotatable bonds is 4. The van der Waals surface area contributed by atoms with Gasteiger partial charge in [0.25, 0.3) is 5.91 Å². The summed E-state index contributed by atoms with van der Waals surface area (Å²) >= 11 is 0. The van der Waals surface area contributed by atoms with Crippen LogP contribution in [-0.2, 0) is 5.54 Å². The van der Waals surface area contributed by atoms with E-state index in [1.165, 1.54) is 12.1 Å². The van der Waals surface area contributed by atoms with E-state index in [9.17, 15) is 18.8 Å². The number of hydrogen-bond acceptors (Lipinski definition) is 8. The zero-order valence-electron chi connectivity index (χ0n) is 20.7. The van der Waals surface area contributed by atoms with Gasteiger partial charge in [0.15, 0.2) is 5.65 Å². The first-order chi connectivity index (χ1) is 18.7. The van der Waals surface area contributed by atoms with Crippen molar-refractivity contribution in [3.05, 3.63) is 71.1 Å². The smallest absolute Gasteiger partial charge is 0.387 e. The van der Waals surface area contributed by atoms with Crippen LogP contribution in [-0.4, -0.2) is 37.1 Å². The zero-order chi connectivity index (χ0) is 27.1. The molecule has 0 unspecified atom stereocenters. The maximum atomic E-state index is 13.3. The lowest BCUT2D eigenvalue weighted by molar-refractivity contribution is -0.0505. The third-order valence-corrected chi connectivity index (χ3v) is 7.95. The molecule has 1 aliphatic heterocycles. The molecule has 4 heterocycles. The third kappa shape index (κ3) is 3.50. The molecule has 3 N–H and O–H groups in total. The normalized spacial score (nSPS) is 26.8. The number of nitrogens with zero attached hydrogens (tertiary/aromatic N) is 6. The fraction of sp³-hybridized carbons (Fsp3) is 0.333. The first kappa shape index (κ1) is 23.6. The molecule has 39 heavy (non-hydrogen) atoms. The first-order valence-electron chi connectivity index (χ1n) is 12.5. The molecule has 12 heteroatoms. The highest BCUT2D eigenvalue weighted by Crippen LogP contribution is 2.52. The summed E-state index contributed by atoms with van der Waals surface area (Å²) in [5.74, 6) is -0.327. The molecule has 1 amide bonds. The van der Waals surface area contributed by atoms with Crippen molar-refractivity contribution in [2.75, 3.05) is 0 Å². The van der Waals surface area contributed by atoms with Crippen LogP contribution in [0.4, 0.5) is 8.78 Å². The number of nitrogens with one attached hydrogen (secondary N) is 1. The van der Waals surface area contributed by atoms with Crippen LogP contribution in [0.25, 0.3) is 16.9 Å². The van der Waals surface area contributed by atoms with Crippen molar-refractivity contribution in [3.8, 4) is 23.1 Å². The van der Waals surface area contributed by atoms with Gasteiger partial charge in [0.1, 0.15) is 11.6 Å². The van der Waals surface area contributed by atoms with E-state index >= 15 is 0 Å². The second-order valence-corrected chi connectivity index (χ2v) is 10.8. The largest absolute Gasteiger partial charge is 0.434 e. The van der Waals surface area contributed by atoms with Gasteiger partial charge in [-0.2, -0.15) is 19.1 Å². The fourth-order valence-corrected chi connectivity index (χ4v) is 6.40. The number of carbonyl (C=O) groups excluding carboxylic acids is 1. The predicted molar refractivity (Wildman–Crippen MR) is 133 cm³/mol. The first-order valence-corrected chi connectivity index (χ1v) is 12.5. The number of halogens is 2. The molecule has 0 spiro atoms. The fourth-order valence-electron chi connectivity index (χ4n) is 6.40. The minimum atomic E-state index is -3.03. The molecular formula is C27H22F2N8O2. The SMILES string of the molecule is CC1(C#N)CC(N)(c2ncc(-c3ccn4nc5c(c4n3)[C@@H]3C[C@H]5NC(=O)c4cccc(OC(F)F)c43)cn2)C1. The number of fused-ring (bicyclic) bond motifs is 9. The molecule has 1 fully saturated rings. The number of amides is 1. The predicted octanol–water partition coefficient (Wildman–Crippen LogP) is 3.59. The highest BCUT2D eigenvalue weighted by molar-refractivity contribution is 5.98. The van der Waals surface area contributed by atoms with Gasteiger partial charge >= 0.3 is 6.61 Å². The summed E-state index contributed by atoms with van der Waals surface area (Å²) < 4.78 is 33.0.